The highest BCUT2D eigenvalue weighted by molar-refractivity contribution is 7.89. The molecule has 0 unspecified atom stereocenters. The van der Waals surface area contributed by atoms with Crippen LogP contribution in [0, 0.1) is 5.82 Å². The van der Waals surface area contributed by atoms with Crippen molar-refractivity contribution in [1.82, 2.24) is 9.62 Å². The van der Waals surface area contributed by atoms with Crippen LogP contribution in [-0.4, -0.2) is 60.7 Å². The van der Waals surface area contributed by atoms with Gasteiger partial charge in [0.1, 0.15) is 5.82 Å². The van der Waals surface area contributed by atoms with Gasteiger partial charge < -0.3 is 15.5 Å². The molecule has 0 radical (unpaired) electrons. The predicted octanol–water partition coefficient (Wildman–Crippen LogP) is 4.49. The summed E-state index contributed by atoms with van der Waals surface area (Å²) in [4.78, 5) is 11.0. The Labute approximate surface area is 230 Å². The first kappa shape index (κ1) is 30.4. The molecular weight excluding hydrogens is 519 g/mol. The molecule has 0 bridgehead atoms. The summed E-state index contributed by atoms with van der Waals surface area (Å²) in [5.74, 6) is -1.12. The van der Waals surface area contributed by atoms with Crippen LogP contribution in [0.25, 0.3) is 11.1 Å². The second kappa shape index (κ2) is 13.3. The van der Waals surface area contributed by atoms with Crippen molar-refractivity contribution in [1.29, 1.82) is 0 Å². The highest BCUT2D eigenvalue weighted by Gasteiger charge is 2.25. The van der Waals surface area contributed by atoms with E-state index < -0.39 is 22.1 Å². The molecule has 0 saturated carbocycles. The van der Waals surface area contributed by atoms with E-state index in [0.29, 0.717) is 23.1 Å². The third-order valence-electron chi connectivity index (χ3n) is 6.67. The molecule has 7 nitrogen and oxygen atoms in total. The zero-order chi connectivity index (χ0) is 28.6. The molecule has 0 fully saturated rings. The number of nitrogens with zero attached hydrogens (tertiary/aromatic N) is 1. The second-order valence-electron chi connectivity index (χ2n) is 10.4. The lowest BCUT2D eigenvalue weighted by molar-refractivity contribution is -0.136. The summed E-state index contributed by atoms with van der Waals surface area (Å²) in [7, 11) is -2.42. The number of aliphatic carboxylic acids is 1. The van der Waals surface area contributed by atoms with E-state index >= 15 is 0 Å². The number of hydrogen-bond donors (Lipinski definition) is 3. The number of likely N-dealkylation sites (N-methyl/N-ethyl adjacent to an activating group) is 1. The Morgan fingerprint density at radius 1 is 1.03 bits per heavy atom. The van der Waals surface area contributed by atoms with Crippen LogP contribution in [-0.2, 0) is 27.7 Å². The fourth-order valence-electron chi connectivity index (χ4n) is 4.37. The number of hydrogen-bond acceptors (Lipinski definition) is 5. The van der Waals surface area contributed by atoms with E-state index in [0.717, 1.165) is 22.7 Å². The van der Waals surface area contributed by atoms with E-state index in [2.05, 4.69) is 5.32 Å². The van der Waals surface area contributed by atoms with Crippen molar-refractivity contribution in [2.24, 2.45) is 0 Å². The Hall–Kier alpha value is -3.11. The lowest BCUT2D eigenvalue weighted by atomic mass is 9.95. The number of aliphatic hydroxyl groups is 1. The molecule has 0 amide bonds. The Bertz CT molecular complexity index is 1360. The average molecular weight is 557 g/mol. The van der Waals surface area contributed by atoms with Crippen molar-refractivity contribution in [3.63, 3.8) is 0 Å². The van der Waals surface area contributed by atoms with Crippen molar-refractivity contribution < 1.29 is 27.8 Å². The molecule has 0 heterocycles. The summed E-state index contributed by atoms with van der Waals surface area (Å²) in [5.41, 5.74) is 2.47. The molecule has 210 valence electrons. The number of aryl methyl sites for hydroxylation is 1. The smallest absolute Gasteiger partial charge is 0.307 e. The largest absolute Gasteiger partial charge is 0.481 e. The second-order valence-corrected chi connectivity index (χ2v) is 12.5. The average Bonchev–Trinajstić information content (AvgIpc) is 2.89. The van der Waals surface area contributed by atoms with Gasteiger partial charge >= 0.3 is 5.97 Å². The van der Waals surface area contributed by atoms with E-state index in [1.165, 1.54) is 19.2 Å². The third kappa shape index (κ3) is 8.96. The summed E-state index contributed by atoms with van der Waals surface area (Å²) < 4.78 is 41.4. The Balaban J connectivity index is 1.55. The van der Waals surface area contributed by atoms with Gasteiger partial charge in [-0.3, -0.25) is 4.79 Å². The van der Waals surface area contributed by atoms with Gasteiger partial charge in [-0.1, -0.05) is 54.6 Å². The lowest BCUT2D eigenvalue weighted by Gasteiger charge is -2.29. The summed E-state index contributed by atoms with van der Waals surface area (Å²) in [6.07, 6.45) is 1.13. The van der Waals surface area contributed by atoms with E-state index in [1.807, 2.05) is 19.9 Å². The zero-order valence-electron chi connectivity index (χ0n) is 22.6. The molecule has 0 saturated heterocycles. The summed E-state index contributed by atoms with van der Waals surface area (Å²) in [6, 6.07) is 20.2. The van der Waals surface area contributed by atoms with Crippen molar-refractivity contribution in [2.75, 3.05) is 20.1 Å². The molecule has 0 spiro atoms. The van der Waals surface area contributed by atoms with Crippen LogP contribution in [0.4, 0.5) is 4.39 Å². The molecular formula is C30H37FN2O5S. The molecule has 39 heavy (non-hydrogen) atoms. The van der Waals surface area contributed by atoms with Gasteiger partial charge in [0.25, 0.3) is 0 Å². The molecule has 3 N–H and O–H groups in total. The maximum absolute atomic E-state index is 13.8. The predicted molar refractivity (Wildman–Crippen MR) is 150 cm³/mol. The van der Waals surface area contributed by atoms with Crippen molar-refractivity contribution in [3.05, 3.63) is 89.7 Å². The molecule has 0 aliphatic rings. The quantitative estimate of drug-likeness (QED) is 0.270. The highest BCUT2D eigenvalue weighted by atomic mass is 32.2. The maximum Gasteiger partial charge on any atom is 0.307 e. The highest BCUT2D eigenvalue weighted by Crippen LogP contribution is 2.25. The summed E-state index contributed by atoms with van der Waals surface area (Å²) in [6.45, 7) is 4.12. The van der Waals surface area contributed by atoms with Gasteiger partial charge in [0, 0.05) is 25.7 Å². The van der Waals surface area contributed by atoms with Crippen LogP contribution in [0.3, 0.4) is 0 Å². The van der Waals surface area contributed by atoms with Crippen molar-refractivity contribution >= 4 is 16.0 Å². The first-order valence-electron chi connectivity index (χ1n) is 12.9. The molecule has 3 aromatic rings. The standard InChI is InChI=1S/C30H37FN2O5S/c1-30(2,17-7-10-24-8-4-5-12-28(24)31)32-20-26(34)21-33(3)39(37,38)27-11-6-9-25(19-27)23-15-13-22(14-16-23)18-29(35)36/h4-6,8-9,11-16,19,26,32,34H,7,10,17-18,20-21H2,1-3H3,(H,35,36)/t26-/m1/s1. The molecule has 1 atom stereocenters. The van der Waals surface area contributed by atoms with Gasteiger partial charge in [0.15, 0.2) is 0 Å². The SMILES string of the molecule is CN(C[C@H](O)CNC(C)(C)CCCc1ccccc1F)S(=O)(=O)c1cccc(-c2ccc(CC(=O)O)cc2)c1. The number of carboxylic acid groups (broad SMARTS) is 1. The van der Waals surface area contributed by atoms with Gasteiger partial charge in [-0.25, -0.2) is 12.8 Å². The lowest BCUT2D eigenvalue weighted by Crippen LogP contribution is -2.46. The fraction of sp³-hybridized carbons (Fsp3) is 0.367. The van der Waals surface area contributed by atoms with E-state index in [9.17, 15) is 22.7 Å². The number of halogens is 1. The number of carbonyl (C=O) groups is 1. The Morgan fingerprint density at radius 2 is 1.72 bits per heavy atom. The summed E-state index contributed by atoms with van der Waals surface area (Å²) in [5, 5.41) is 22.8. The van der Waals surface area contributed by atoms with E-state index in [-0.39, 0.29) is 35.8 Å². The number of β-amino-alcohol motifs (C(OH)–C–C–N with tert-alkyl or cyclic N) is 1. The molecule has 0 aliphatic heterocycles. The van der Waals surface area contributed by atoms with Gasteiger partial charge in [-0.2, -0.15) is 4.31 Å². The van der Waals surface area contributed by atoms with Crippen LogP contribution < -0.4 is 5.32 Å². The van der Waals surface area contributed by atoms with Crippen LogP contribution in [0.5, 0.6) is 0 Å². The number of sulfonamides is 1. The minimum absolute atomic E-state index is 0.0818. The monoisotopic (exact) mass is 556 g/mol. The first-order chi connectivity index (χ1) is 18.4. The van der Waals surface area contributed by atoms with Gasteiger partial charge in [-0.15, -0.1) is 0 Å². The van der Waals surface area contributed by atoms with Crippen molar-refractivity contribution in [3.8, 4) is 11.1 Å². The molecule has 9 heteroatoms. The molecule has 3 rings (SSSR count). The van der Waals surface area contributed by atoms with Crippen LogP contribution >= 0.6 is 0 Å². The van der Waals surface area contributed by atoms with Gasteiger partial charge in [-0.05, 0) is 73.6 Å². The number of nitrogens with one attached hydrogen (secondary N) is 1. The van der Waals surface area contributed by atoms with Gasteiger partial charge in [0.05, 0.1) is 17.4 Å². The maximum atomic E-state index is 13.8. The number of rotatable bonds is 14. The first-order valence-corrected chi connectivity index (χ1v) is 14.4. The minimum Gasteiger partial charge on any atom is -0.481 e. The fourth-order valence-corrected chi connectivity index (χ4v) is 5.62. The van der Waals surface area contributed by atoms with E-state index in [1.54, 1.807) is 54.6 Å². The topological polar surface area (TPSA) is 107 Å². The van der Waals surface area contributed by atoms with Crippen LogP contribution in [0.2, 0.25) is 0 Å². The minimum atomic E-state index is -3.86. The van der Waals surface area contributed by atoms with Crippen LogP contribution in [0.15, 0.2) is 77.7 Å². The normalized spacial score (nSPS) is 13.0. The van der Waals surface area contributed by atoms with Crippen LogP contribution in [0.1, 0.15) is 37.8 Å². The van der Waals surface area contributed by atoms with E-state index in [4.69, 9.17) is 5.11 Å². The molecule has 0 aliphatic carbocycles. The third-order valence-corrected chi connectivity index (χ3v) is 8.49. The molecule has 0 aromatic heterocycles. The summed E-state index contributed by atoms with van der Waals surface area (Å²) >= 11 is 0. The number of benzene rings is 3. The zero-order valence-corrected chi connectivity index (χ0v) is 23.4. The van der Waals surface area contributed by atoms with Crippen molar-refractivity contribution in [2.45, 2.75) is 56.1 Å². The molecule has 3 aromatic carbocycles. The van der Waals surface area contributed by atoms with Gasteiger partial charge in [0.2, 0.25) is 10.0 Å². The number of carboxylic acids is 1. The number of aliphatic hydroxyl groups excluding tert-OH is 1. The Kier molecular flexibility index (Phi) is 10.4. The Morgan fingerprint density at radius 3 is 2.38 bits per heavy atom.